The zero-order valence-corrected chi connectivity index (χ0v) is 12.1. The number of hydrogen-bond donors (Lipinski definition) is 2. The summed E-state index contributed by atoms with van der Waals surface area (Å²) in [6.45, 7) is 4.73. The number of β-amino-alcohol motifs (C(OH)–C–C–N with tert-alkyl or cyclic N) is 1. The molecule has 0 amide bonds. The van der Waals surface area contributed by atoms with Crippen molar-refractivity contribution in [2.45, 2.75) is 32.3 Å². The first kappa shape index (κ1) is 15.4. The largest absolute Gasteiger partial charge is 0.396 e. The molecule has 0 bridgehead atoms. The summed E-state index contributed by atoms with van der Waals surface area (Å²) in [7, 11) is 0. The van der Waals surface area contributed by atoms with Gasteiger partial charge in [-0.1, -0.05) is 19.1 Å². The minimum Gasteiger partial charge on any atom is -0.396 e. The summed E-state index contributed by atoms with van der Waals surface area (Å²) < 4.78 is 12.9. The van der Waals surface area contributed by atoms with Crippen LogP contribution in [0.1, 0.15) is 37.9 Å². The minimum absolute atomic E-state index is 0.0668. The Balaban J connectivity index is 1.87. The second-order valence-corrected chi connectivity index (χ2v) is 5.88. The summed E-state index contributed by atoms with van der Waals surface area (Å²) in [5, 5.41) is 19.7. The van der Waals surface area contributed by atoms with Gasteiger partial charge < -0.3 is 15.1 Å². The summed E-state index contributed by atoms with van der Waals surface area (Å²) in [6.07, 6.45) is 2.35. The molecule has 112 valence electrons. The predicted molar refractivity (Wildman–Crippen MR) is 76.8 cm³/mol. The number of aliphatic hydroxyl groups excluding tert-OH is 2. The average molecular weight is 281 g/mol. The van der Waals surface area contributed by atoms with Crippen molar-refractivity contribution in [1.29, 1.82) is 0 Å². The Morgan fingerprint density at radius 1 is 1.25 bits per heavy atom. The van der Waals surface area contributed by atoms with Gasteiger partial charge in [0.1, 0.15) is 5.82 Å². The van der Waals surface area contributed by atoms with Gasteiger partial charge in [-0.2, -0.15) is 0 Å². The van der Waals surface area contributed by atoms with Gasteiger partial charge in [0.15, 0.2) is 0 Å². The summed E-state index contributed by atoms with van der Waals surface area (Å²) in [6, 6.07) is 6.02. The molecule has 1 aliphatic heterocycles. The van der Waals surface area contributed by atoms with Crippen LogP contribution < -0.4 is 0 Å². The van der Waals surface area contributed by atoms with Crippen molar-refractivity contribution in [3.8, 4) is 0 Å². The van der Waals surface area contributed by atoms with Crippen LogP contribution in [0.3, 0.4) is 0 Å². The molecule has 0 aromatic heterocycles. The lowest BCUT2D eigenvalue weighted by Crippen LogP contribution is -2.43. The number of nitrogens with zero attached hydrogens (tertiary/aromatic N) is 1. The van der Waals surface area contributed by atoms with Crippen LogP contribution in [0.5, 0.6) is 0 Å². The molecule has 1 aromatic carbocycles. The normalized spacial score (nSPS) is 20.8. The van der Waals surface area contributed by atoms with Gasteiger partial charge in [0.05, 0.1) is 6.10 Å². The van der Waals surface area contributed by atoms with Crippen LogP contribution in [-0.2, 0) is 0 Å². The Labute approximate surface area is 120 Å². The molecular weight excluding hydrogens is 257 g/mol. The zero-order chi connectivity index (χ0) is 14.6. The summed E-state index contributed by atoms with van der Waals surface area (Å²) in [5.74, 6) is -0.283. The first-order chi connectivity index (χ1) is 9.58. The summed E-state index contributed by atoms with van der Waals surface area (Å²) in [5.41, 5.74) is 0.818. The van der Waals surface area contributed by atoms with E-state index in [0.29, 0.717) is 6.54 Å². The lowest BCUT2D eigenvalue weighted by Gasteiger charge is -2.40. The molecule has 0 aliphatic carbocycles. The molecule has 1 fully saturated rings. The van der Waals surface area contributed by atoms with Crippen LogP contribution in [0, 0.1) is 11.2 Å². The topological polar surface area (TPSA) is 43.7 Å². The van der Waals surface area contributed by atoms with Crippen LogP contribution >= 0.6 is 0 Å². The fraction of sp³-hybridized carbons (Fsp3) is 0.625. The minimum atomic E-state index is -0.584. The van der Waals surface area contributed by atoms with Crippen molar-refractivity contribution in [3.63, 3.8) is 0 Å². The van der Waals surface area contributed by atoms with Crippen molar-refractivity contribution >= 4 is 0 Å². The quantitative estimate of drug-likeness (QED) is 0.870. The van der Waals surface area contributed by atoms with Gasteiger partial charge >= 0.3 is 0 Å². The Kier molecular flexibility index (Phi) is 5.13. The molecule has 0 spiro atoms. The lowest BCUT2D eigenvalue weighted by atomic mass is 9.77. The Bertz CT molecular complexity index is 407. The standard InChI is InChI=1S/C16H24FNO2/c1-2-16(12-19)7-9-18(10-8-16)11-15(20)13-3-5-14(17)6-4-13/h3-6,15,19-20H,2,7-12H2,1H3. The molecule has 1 atom stereocenters. The van der Waals surface area contributed by atoms with Gasteiger partial charge in [-0.3, -0.25) is 0 Å². The Morgan fingerprint density at radius 3 is 2.35 bits per heavy atom. The third kappa shape index (κ3) is 3.57. The average Bonchev–Trinajstić information content (AvgIpc) is 2.49. The van der Waals surface area contributed by atoms with Crippen molar-refractivity contribution in [2.75, 3.05) is 26.2 Å². The van der Waals surface area contributed by atoms with Gasteiger partial charge in [-0.25, -0.2) is 4.39 Å². The maximum absolute atomic E-state index is 12.9. The number of hydrogen-bond acceptors (Lipinski definition) is 3. The molecule has 1 aliphatic rings. The third-order valence-electron chi connectivity index (χ3n) is 4.69. The van der Waals surface area contributed by atoms with E-state index in [-0.39, 0.29) is 17.8 Å². The van der Waals surface area contributed by atoms with E-state index in [2.05, 4.69) is 11.8 Å². The molecule has 2 N–H and O–H groups in total. The molecule has 0 saturated carbocycles. The van der Waals surface area contributed by atoms with E-state index in [0.717, 1.165) is 37.9 Å². The highest BCUT2D eigenvalue weighted by Gasteiger charge is 2.32. The Morgan fingerprint density at radius 2 is 1.85 bits per heavy atom. The number of rotatable bonds is 5. The van der Waals surface area contributed by atoms with E-state index in [1.54, 1.807) is 12.1 Å². The van der Waals surface area contributed by atoms with Crippen molar-refractivity contribution < 1.29 is 14.6 Å². The molecule has 1 heterocycles. The van der Waals surface area contributed by atoms with Crippen LogP contribution in [0.25, 0.3) is 0 Å². The van der Waals surface area contributed by atoms with Gasteiger partial charge in [0.25, 0.3) is 0 Å². The third-order valence-corrected chi connectivity index (χ3v) is 4.69. The van der Waals surface area contributed by atoms with Crippen molar-refractivity contribution in [1.82, 2.24) is 4.90 Å². The van der Waals surface area contributed by atoms with Gasteiger partial charge in [-0.05, 0) is 55.5 Å². The molecule has 4 heteroatoms. The van der Waals surface area contributed by atoms with Gasteiger partial charge in [0.2, 0.25) is 0 Å². The number of aliphatic hydroxyl groups is 2. The van der Waals surface area contributed by atoms with E-state index in [4.69, 9.17) is 0 Å². The molecule has 2 rings (SSSR count). The Hall–Kier alpha value is -0.970. The zero-order valence-electron chi connectivity index (χ0n) is 12.1. The second-order valence-electron chi connectivity index (χ2n) is 5.88. The number of benzene rings is 1. The highest BCUT2D eigenvalue weighted by atomic mass is 19.1. The second kappa shape index (κ2) is 6.66. The van der Waals surface area contributed by atoms with Crippen molar-refractivity contribution in [3.05, 3.63) is 35.6 Å². The molecule has 3 nitrogen and oxygen atoms in total. The molecule has 1 unspecified atom stereocenters. The van der Waals surface area contributed by atoms with Crippen LogP contribution in [0.4, 0.5) is 4.39 Å². The fourth-order valence-electron chi connectivity index (χ4n) is 2.87. The van der Waals surface area contributed by atoms with Gasteiger partial charge in [0, 0.05) is 13.2 Å². The van der Waals surface area contributed by atoms with Crippen LogP contribution in [-0.4, -0.2) is 41.4 Å². The number of piperidine rings is 1. The summed E-state index contributed by atoms with van der Waals surface area (Å²) >= 11 is 0. The van der Waals surface area contributed by atoms with Crippen molar-refractivity contribution in [2.24, 2.45) is 5.41 Å². The first-order valence-electron chi connectivity index (χ1n) is 7.35. The molecule has 1 saturated heterocycles. The van der Waals surface area contributed by atoms with E-state index >= 15 is 0 Å². The first-order valence-corrected chi connectivity index (χ1v) is 7.35. The van der Waals surface area contributed by atoms with Crippen LogP contribution in [0.15, 0.2) is 24.3 Å². The molecule has 1 aromatic rings. The van der Waals surface area contributed by atoms with E-state index in [1.165, 1.54) is 12.1 Å². The maximum Gasteiger partial charge on any atom is 0.123 e. The van der Waals surface area contributed by atoms with Gasteiger partial charge in [-0.15, -0.1) is 0 Å². The van der Waals surface area contributed by atoms with E-state index in [1.807, 2.05) is 0 Å². The van der Waals surface area contributed by atoms with E-state index in [9.17, 15) is 14.6 Å². The predicted octanol–water partition coefficient (Wildman–Crippen LogP) is 2.34. The smallest absolute Gasteiger partial charge is 0.123 e. The summed E-state index contributed by atoms with van der Waals surface area (Å²) in [4.78, 5) is 2.22. The lowest BCUT2D eigenvalue weighted by molar-refractivity contribution is 0.0215. The highest BCUT2D eigenvalue weighted by molar-refractivity contribution is 5.18. The number of halogens is 1. The molecule has 0 radical (unpaired) electrons. The molecular formula is C16H24FNO2. The SMILES string of the molecule is CCC1(CO)CCN(CC(O)c2ccc(F)cc2)CC1. The highest BCUT2D eigenvalue weighted by Crippen LogP contribution is 2.34. The van der Waals surface area contributed by atoms with E-state index < -0.39 is 6.10 Å². The fourth-order valence-corrected chi connectivity index (χ4v) is 2.87. The monoisotopic (exact) mass is 281 g/mol. The van der Waals surface area contributed by atoms with Crippen LogP contribution in [0.2, 0.25) is 0 Å². The molecule has 20 heavy (non-hydrogen) atoms. The number of likely N-dealkylation sites (tertiary alicyclic amines) is 1. The maximum atomic E-state index is 12.9.